The van der Waals surface area contributed by atoms with Crippen LogP contribution in [-0.4, -0.2) is 24.6 Å². The predicted octanol–water partition coefficient (Wildman–Crippen LogP) is 9.22. The monoisotopic (exact) mass is 384 g/mol. The van der Waals surface area contributed by atoms with Crippen LogP contribution in [-0.2, 0) is 0 Å². The van der Waals surface area contributed by atoms with E-state index in [4.69, 9.17) is 0 Å². The predicted molar refractivity (Wildman–Crippen MR) is 129 cm³/mol. The molecule has 0 saturated carbocycles. The molecule has 0 aliphatic heterocycles. The Balaban J connectivity index is 4.01. The molecule has 0 aromatic rings. The van der Waals surface area contributed by atoms with Gasteiger partial charge in [-0.05, 0) is 0 Å². The molecule has 158 valence electrons. The molecule has 0 amide bonds. The van der Waals surface area contributed by atoms with Gasteiger partial charge in [0.2, 0.25) is 0 Å². The summed E-state index contributed by atoms with van der Waals surface area (Å²) in [4.78, 5) is 0. The zero-order chi connectivity index (χ0) is 19.5. The van der Waals surface area contributed by atoms with Crippen molar-refractivity contribution < 1.29 is 0 Å². The number of allylic oxidation sites excluding steroid dienone is 1. The molecule has 0 unspecified atom stereocenters. The first-order chi connectivity index (χ1) is 12.6. The topological polar surface area (TPSA) is 0 Å². The van der Waals surface area contributed by atoms with Crippen molar-refractivity contribution in [3.05, 3.63) is 12.2 Å². The zero-order valence-electron chi connectivity index (χ0n) is 19.1. The van der Waals surface area contributed by atoms with E-state index in [2.05, 4.69) is 34.3 Å². The summed E-state index contributed by atoms with van der Waals surface area (Å²) in [6.07, 6.45) is 27.9. The van der Waals surface area contributed by atoms with Gasteiger partial charge in [-0.15, -0.1) is 0 Å². The van der Waals surface area contributed by atoms with Gasteiger partial charge in [-0.3, -0.25) is 0 Å². The molecule has 0 rings (SSSR count). The minimum absolute atomic E-state index is 1.09. The van der Waals surface area contributed by atoms with E-state index in [1.807, 2.05) is 0 Å². The summed E-state index contributed by atoms with van der Waals surface area (Å²) in [5.41, 5.74) is 1.46. The molecule has 0 N–H and O–H groups in total. The van der Waals surface area contributed by atoms with Crippen molar-refractivity contribution in [3.63, 3.8) is 0 Å². The van der Waals surface area contributed by atoms with Crippen LogP contribution in [0, 0.1) is 0 Å². The van der Waals surface area contributed by atoms with E-state index in [0.717, 1.165) is 0 Å². The Kier molecular flexibility index (Phi) is 18.7. The van der Waals surface area contributed by atoms with E-state index in [1.165, 1.54) is 108 Å². The van der Waals surface area contributed by atoms with Gasteiger partial charge < -0.3 is 0 Å². The summed E-state index contributed by atoms with van der Waals surface area (Å²) in [5, 5.41) is 0. The SMILES string of the molecule is C=C(C)C[PH](CCCC)(CCCC)CCCCCCCCCCCCC. The Hall–Kier alpha value is 0.170. The first-order valence-corrected chi connectivity index (χ1v) is 15.1. The van der Waals surface area contributed by atoms with Crippen LogP contribution in [0.3, 0.4) is 0 Å². The Morgan fingerprint density at radius 2 is 0.885 bits per heavy atom. The van der Waals surface area contributed by atoms with Crippen molar-refractivity contribution in [2.24, 2.45) is 0 Å². The average Bonchev–Trinajstić information content (AvgIpc) is 2.62. The van der Waals surface area contributed by atoms with E-state index >= 15 is 0 Å². The summed E-state index contributed by atoms with van der Waals surface area (Å²) in [5.74, 6) is 0. The van der Waals surface area contributed by atoms with Crippen molar-refractivity contribution in [1.29, 1.82) is 0 Å². The molecule has 1 heteroatoms. The van der Waals surface area contributed by atoms with Crippen molar-refractivity contribution in [2.75, 3.05) is 24.6 Å². The van der Waals surface area contributed by atoms with Gasteiger partial charge >= 0.3 is 161 Å². The van der Waals surface area contributed by atoms with Gasteiger partial charge in [-0.1, -0.05) is 6.92 Å². The first-order valence-electron chi connectivity index (χ1n) is 12.2. The molecule has 0 atom stereocenters. The second-order valence-corrected chi connectivity index (χ2v) is 14.0. The maximum atomic E-state index is 4.30. The quantitative estimate of drug-likeness (QED) is 0.111. The van der Waals surface area contributed by atoms with Gasteiger partial charge in [-0.25, -0.2) is 0 Å². The molecule has 0 aliphatic carbocycles. The van der Waals surface area contributed by atoms with Crippen LogP contribution in [0.4, 0.5) is 0 Å². The van der Waals surface area contributed by atoms with Crippen LogP contribution >= 0.6 is 7.26 Å². The molecule has 0 nitrogen and oxygen atoms in total. The normalized spacial score (nSPS) is 12.5. The van der Waals surface area contributed by atoms with Gasteiger partial charge in [0.25, 0.3) is 0 Å². The summed E-state index contributed by atoms with van der Waals surface area (Å²) in [6.45, 7) is 13.6. The molecule has 0 saturated heterocycles. The summed E-state index contributed by atoms with van der Waals surface area (Å²) in [6, 6.07) is 0. The van der Waals surface area contributed by atoms with E-state index < -0.39 is 7.26 Å². The van der Waals surface area contributed by atoms with Crippen LogP contribution in [0.1, 0.15) is 124 Å². The van der Waals surface area contributed by atoms with Crippen molar-refractivity contribution in [1.82, 2.24) is 0 Å². The standard InChI is InChI=1S/C25H53P/c1-6-9-12-13-14-15-16-17-18-19-20-23-26(21-10-7-2,22-11-8-3)24-25(4)5/h26H,4,6-24H2,1-3,5H3. The Morgan fingerprint density at radius 3 is 1.27 bits per heavy atom. The number of rotatable bonds is 20. The van der Waals surface area contributed by atoms with E-state index in [9.17, 15) is 0 Å². The minimum atomic E-state index is -1.09. The van der Waals surface area contributed by atoms with Crippen LogP contribution < -0.4 is 0 Å². The van der Waals surface area contributed by atoms with Crippen LogP contribution in [0.25, 0.3) is 0 Å². The second kappa shape index (κ2) is 18.5. The third-order valence-electron chi connectivity index (χ3n) is 6.11. The van der Waals surface area contributed by atoms with Gasteiger partial charge in [0.15, 0.2) is 0 Å². The molecule has 0 heterocycles. The smallest absolute Gasteiger partial charge is 0.0654 e. The maximum absolute atomic E-state index is 4.30. The number of hydrogen-bond donors (Lipinski definition) is 0. The molecule has 26 heavy (non-hydrogen) atoms. The second-order valence-electron chi connectivity index (χ2n) is 9.13. The van der Waals surface area contributed by atoms with E-state index in [-0.39, 0.29) is 0 Å². The molecular weight excluding hydrogens is 331 g/mol. The Morgan fingerprint density at radius 1 is 0.538 bits per heavy atom. The van der Waals surface area contributed by atoms with Crippen LogP contribution in [0.5, 0.6) is 0 Å². The fraction of sp³-hybridized carbons (Fsp3) is 0.920. The number of unbranched alkanes of at least 4 members (excludes halogenated alkanes) is 12. The summed E-state index contributed by atoms with van der Waals surface area (Å²) >= 11 is 0. The van der Waals surface area contributed by atoms with E-state index in [0.29, 0.717) is 0 Å². The van der Waals surface area contributed by atoms with Crippen LogP contribution in [0.15, 0.2) is 12.2 Å². The summed E-state index contributed by atoms with van der Waals surface area (Å²) in [7, 11) is -1.09. The fourth-order valence-electron chi connectivity index (χ4n) is 4.55. The zero-order valence-corrected chi connectivity index (χ0v) is 20.1. The van der Waals surface area contributed by atoms with Gasteiger partial charge in [0, 0.05) is 0 Å². The van der Waals surface area contributed by atoms with Crippen molar-refractivity contribution in [3.8, 4) is 0 Å². The molecule has 0 fully saturated rings. The van der Waals surface area contributed by atoms with E-state index in [1.54, 1.807) is 18.5 Å². The molecule has 0 aromatic heterocycles. The van der Waals surface area contributed by atoms with Crippen molar-refractivity contribution in [2.45, 2.75) is 124 Å². The molecule has 0 spiro atoms. The summed E-state index contributed by atoms with van der Waals surface area (Å²) < 4.78 is 0. The number of hydrogen-bond acceptors (Lipinski definition) is 0. The molecule has 0 aliphatic rings. The Bertz CT molecular complexity index is 299. The average molecular weight is 385 g/mol. The Labute approximate surface area is 168 Å². The first kappa shape index (κ1) is 26.2. The molecule has 0 aromatic carbocycles. The third kappa shape index (κ3) is 15.2. The van der Waals surface area contributed by atoms with Gasteiger partial charge in [0.05, 0.1) is 0 Å². The minimum Gasteiger partial charge on any atom is -0.0654 e. The van der Waals surface area contributed by atoms with Crippen LogP contribution in [0.2, 0.25) is 0 Å². The van der Waals surface area contributed by atoms with Crippen molar-refractivity contribution >= 4 is 7.26 Å². The van der Waals surface area contributed by atoms with Gasteiger partial charge in [-0.2, -0.15) is 0 Å². The fourth-order valence-corrected chi connectivity index (χ4v) is 10.3. The molecular formula is C25H53P. The van der Waals surface area contributed by atoms with Gasteiger partial charge in [0.1, 0.15) is 0 Å². The third-order valence-corrected chi connectivity index (χ3v) is 11.7. The molecule has 0 bridgehead atoms. The molecule has 0 radical (unpaired) electrons.